The van der Waals surface area contributed by atoms with Gasteiger partial charge in [-0.3, -0.25) is 0 Å². The third kappa shape index (κ3) is 2.52. The lowest BCUT2D eigenvalue weighted by molar-refractivity contribution is -0.315. The highest BCUT2D eigenvalue weighted by Gasteiger charge is 2.16. The third-order valence-corrected chi connectivity index (χ3v) is 2.75. The number of rotatable bonds is 1. The van der Waals surface area contributed by atoms with E-state index in [4.69, 9.17) is 9.78 Å². The van der Waals surface area contributed by atoms with E-state index < -0.39 is 0 Å². The lowest BCUT2D eigenvalue weighted by Crippen LogP contribution is -2.12. The molecule has 1 unspecified atom stereocenters. The second-order valence-electron chi connectivity index (χ2n) is 5.10. The summed E-state index contributed by atoms with van der Waals surface area (Å²) in [5.74, 6) is 0. The Morgan fingerprint density at radius 1 is 1.12 bits per heavy atom. The van der Waals surface area contributed by atoms with Gasteiger partial charge in [0.15, 0.2) is 0 Å². The van der Waals surface area contributed by atoms with Gasteiger partial charge >= 0.3 is 0 Å². The molecule has 0 radical (unpaired) electrons. The molecule has 1 aliphatic heterocycles. The second-order valence-corrected chi connectivity index (χ2v) is 5.10. The van der Waals surface area contributed by atoms with Crippen LogP contribution in [0, 0.1) is 0 Å². The topological polar surface area (TPSA) is 18.5 Å². The van der Waals surface area contributed by atoms with Crippen LogP contribution in [0.3, 0.4) is 0 Å². The molecular formula is C14H18O2. The maximum atomic E-state index is 5.20. The van der Waals surface area contributed by atoms with Crippen LogP contribution in [0.25, 0.3) is 0 Å². The summed E-state index contributed by atoms with van der Waals surface area (Å²) >= 11 is 0. The van der Waals surface area contributed by atoms with E-state index in [2.05, 4.69) is 45.0 Å². The first-order chi connectivity index (χ1) is 7.57. The van der Waals surface area contributed by atoms with Gasteiger partial charge in [-0.15, -0.1) is 0 Å². The highest BCUT2D eigenvalue weighted by Crippen LogP contribution is 2.26. The molecule has 0 aromatic heterocycles. The van der Waals surface area contributed by atoms with Gasteiger partial charge in [0, 0.05) is 0 Å². The molecule has 0 bridgehead atoms. The molecule has 0 amide bonds. The molecule has 0 fully saturated rings. The van der Waals surface area contributed by atoms with Crippen LogP contribution in [0.4, 0.5) is 0 Å². The van der Waals surface area contributed by atoms with Gasteiger partial charge in [0.25, 0.3) is 0 Å². The highest BCUT2D eigenvalue weighted by atomic mass is 17.2. The van der Waals surface area contributed by atoms with Gasteiger partial charge in [0.1, 0.15) is 12.7 Å². The van der Waals surface area contributed by atoms with Crippen molar-refractivity contribution in [2.45, 2.75) is 32.3 Å². The normalized spacial score (nSPS) is 21.1. The van der Waals surface area contributed by atoms with Gasteiger partial charge in [-0.25, -0.2) is 9.78 Å². The minimum absolute atomic E-state index is 0.0669. The van der Waals surface area contributed by atoms with Gasteiger partial charge in [0.2, 0.25) is 0 Å². The molecule has 1 atom stereocenters. The van der Waals surface area contributed by atoms with Crippen molar-refractivity contribution in [3.8, 4) is 0 Å². The summed E-state index contributed by atoms with van der Waals surface area (Å²) in [6.45, 7) is 7.17. The van der Waals surface area contributed by atoms with E-state index in [0.717, 1.165) is 5.56 Å². The molecule has 0 N–H and O–H groups in total. The van der Waals surface area contributed by atoms with Crippen molar-refractivity contribution in [1.82, 2.24) is 0 Å². The van der Waals surface area contributed by atoms with Gasteiger partial charge < -0.3 is 0 Å². The van der Waals surface area contributed by atoms with Crippen molar-refractivity contribution in [3.05, 3.63) is 47.5 Å². The zero-order chi connectivity index (χ0) is 11.6. The van der Waals surface area contributed by atoms with Gasteiger partial charge in [0.05, 0.1) is 0 Å². The van der Waals surface area contributed by atoms with Crippen LogP contribution in [0.1, 0.15) is 38.0 Å². The van der Waals surface area contributed by atoms with Crippen LogP contribution in [-0.2, 0) is 15.2 Å². The van der Waals surface area contributed by atoms with E-state index in [1.54, 1.807) is 0 Å². The van der Waals surface area contributed by atoms with Crippen LogP contribution in [-0.4, -0.2) is 6.61 Å². The number of hydrogen-bond acceptors (Lipinski definition) is 2. The van der Waals surface area contributed by atoms with Crippen LogP contribution >= 0.6 is 0 Å². The van der Waals surface area contributed by atoms with E-state index in [1.165, 1.54) is 5.56 Å². The van der Waals surface area contributed by atoms with E-state index in [-0.39, 0.29) is 11.5 Å². The number of hydrogen-bond donors (Lipinski definition) is 0. The molecule has 86 valence electrons. The van der Waals surface area contributed by atoms with E-state index in [0.29, 0.717) is 6.61 Å². The number of benzene rings is 1. The maximum Gasteiger partial charge on any atom is 0.136 e. The molecule has 2 nitrogen and oxygen atoms in total. The first-order valence-corrected chi connectivity index (χ1v) is 5.63. The van der Waals surface area contributed by atoms with E-state index in [1.807, 2.05) is 12.2 Å². The fourth-order valence-electron chi connectivity index (χ4n) is 1.70. The van der Waals surface area contributed by atoms with Crippen molar-refractivity contribution in [3.63, 3.8) is 0 Å². The molecule has 1 aliphatic rings. The summed E-state index contributed by atoms with van der Waals surface area (Å²) < 4.78 is 0. The minimum atomic E-state index is -0.0669. The second kappa shape index (κ2) is 4.40. The zero-order valence-corrected chi connectivity index (χ0v) is 10.1. The average Bonchev–Trinajstić information content (AvgIpc) is 2.29. The van der Waals surface area contributed by atoms with Crippen LogP contribution in [0.2, 0.25) is 0 Å². The standard InChI is InChI=1S/C14H18O2/c1-14(2,3)12-8-6-11(7-9-12)13-5-4-10-15-16-13/h4-9,13H,10H2,1-3H3. The molecule has 0 aliphatic carbocycles. The summed E-state index contributed by atoms with van der Waals surface area (Å²) in [5.41, 5.74) is 2.65. The highest BCUT2D eigenvalue weighted by molar-refractivity contribution is 5.30. The Morgan fingerprint density at radius 2 is 1.81 bits per heavy atom. The third-order valence-electron chi connectivity index (χ3n) is 2.75. The molecule has 2 heteroatoms. The van der Waals surface area contributed by atoms with Crippen molar-refractivity contribution < 1.29 is 9.78 Å². The van der Waals surface area contributed by atoms with Crippen LogP contribution < -0.4 is 0 Å². The van der Waals surface area contributed by atoms with Crippen LogP contribution in [0.15, 0.2) is 36.4 Å². The maximum absolute atomic E-state index is 5.20. The largest absolute Gasteiger partial charge is 0.232 e. The minimum Gasteiger partial charge on any atom is -0.232 e. The molecule has 0 saturated heterocycles. The summed E-state index contributed by atoms with van der Waals surface area (Å²) in [4.78, 5) is 10.1. The summed E-state index contributed by atoms with van der Waals surface area (Å²) in [6.07, 6.45) is 3.93. The Balaban J connectivity index is 2.19. The predicted octanol–water partition coefficient (Wildman–Crippen LogP) is 3.54. The van der Waals surface area contributed by atoms with Gasteiger partial charge in [-0.2, -0.15) is 0 Å². The fourth-order valence-corrected chi connectivity index (χ4v) is 1.70. The van der Waals surface area contributed by atoms with Crippen molar-refractivity contribution in [2.24, 2.45) is 0 Å². The van der Waals surface area contributed by atoms with Crippen molar-refractivity contribution in [1.29, 1.82) is 0 Å². The first-order valence-electron chi connectivity index (χ1n) is 5.63. The average molecular weight is 218 g/mol. The Kier molecular flexibility index (Phi) is 3.13. The summed E-state index contributed by atoms with van der Waals surface area (Å²) in [5, 5.41) is 0. The van der Waals surface area contributed by atoms with Gasteiger partial charge in [-0.05, 0) is 22.6 Å². The summed E-state index contributed by atoms with van der Waals surface area (Å²) in [7, 11) is 0. The Bertz CT molecular complexity index is 371. The van der Waals surface area contributed by atoms with Gasteiger partial charge in [-0.1, -0.05) is 51.1 Å². The molecule has 2 rings (SSSR count). The lowest BCUT2D eigenvalue weighted by atomic mass is 9.86. The Labute approximate surface area is 96.8 Å². The molecule has 16 heavy (non-hydrogen) atoms. The SMILES string of the molecule is CC(C)(C)c1ccc(C2C=CCOO2)cc1. The zero-order valence-electron chi connectivity index (χ0n) is 10.1. The molecule has 0 spiro atoms. The molecule has 1 aromatic rings. The van der Waals surface area contributed by atoms with E-state index >= 15 is 0 Å². The summed E-state index contributed by atoms with van der Waals surface area (Å²) in [6, 6.07) is 8.51. The Hall–Kier alpha value is -1.12. The smallest absolute Gasteiger partial charge is 0.136 e. The molecule has 1 aromatic carbocycles. The predicted molar refractivity (Wildman–Crippen MR) is 64.1 cm³/mol. The quantitative estimate of drug-likeness (QED) is 0.530. The van der Waals surface area contributed by atoms with E-state index in [9.17, 15) is 0 Å². The van der Waals surface area contributed by atoms with Crippen LogP contribution in [0.5, 0.6) is 0 Å². The Morgan fingerprint density at radius 3 is 2.31 bits per heavy atom. The monoisotopic (exact) mass is 218 g/mol. The van der Waals surface area contributed by atoms with Crippen molar-refractivity contribution >= 4 is 0 Å². The lowest BCUT2D eigenvalue weighted by Gasteiger charge is -2.21. The molecule has 1 heterocycles. The van der Waals surface area contributed by atoms with Crippen molar-refractivity contribution in [2.75, 3.05) is 6.61 Å². The fraction of sp³-hybridized carbons (Fsp3) is 0.429. The first kappa shape index (κ1) is 11.4. The molecule has 0 saturated carbocycles. The molecular weight excluding hydrogens is 200 g/mol.